The molecule has 2 heterocycles. The molecule has 2 aliphatic rings. The van der Waals surface area contributed by atoms with Crippen molar-refractivity contribution in [2.24, 2.45) is 0 Å². The normalized spacial score (nSPS) is 19.8. The fourth-order valence-corrected chi connectivity index (χ4v) is 3.22. The zero-order valence-electron chi connectivity index (χ0n) is 15.8. The monoisotopic (exact) mass is 376 g/mol. The summed E-state index contributed by atoms with van der Waals surface area (Å²) in [6, 6.07) is 7.44. The number of carbonyl (C=O) groups excluding carboxylic acids is 3. The molecule has 0 saturated carbocycles. The number of carbonyl (C=O) groups is 3. The Morgan fingerprint density at radius 3 is 2.37 bits per heavy atom. The number of piperidine rings is 1. The maximum absolute atomic E-state index is 12.5. The molecule has 2 saturated heterocycles. The Bertz CT molecular complexity index is 739. The molecule has 8 nitrogen and oxygen atoms in total. The molecule has 0 unspecified atom stereocenters. The highest BCUT2D eigenvalue weighted by molar-refractivity contribution is 6.04. The second-order valence-corrected chi connectivity index (χ2v) is 7.12. The first-order valence-corrected chi connectivity index (χ1v) is 8.94. The van der Waals surface area contributed by atoms with Crippen molar-refractivity contribution in [2.75, 3.05) is 26.7 Å². The van der Waals surface area contributed by atoms with Crippen molar-refractivity contribution >= 4 is 17.9 Å². The van der Waals surface area contributed by atoms with E-state index in [4.69, 9.17) is 14.2 Å². The van der Waals surface area contributed by atoms with Gasteiger partial charge >= 0.3 is 6.09 Å². The standard InChI is InChI=1S/C19H24N2O6/c1-19(2)17(23)21(18(24)27-19)12-16(22)20-10-8-13(9-11-20)26-15-7-5-4-6-14(15)25-3/h4-7,13H,8-12H2,1-3H3. The number of methoxy groups -OCH3 is 1. The highest BCUT2D eigenvalue weighted by atomic mass is 16.6. The summed E-state index contributed by atoms with van der Waals surface area (Å²) in [6.45, 7) is 3.73. The molecule has 0 spiro atoms. The van der Waals surface area contributed by atoms with Gasteiger partial charge in [0, 0.05) is 25.9 Å². The third kappa shape index (κ3) is 3.99. The van der Waals surface area contributed by atoms with Crippen LogP contribution >= 0.6 is 0 Å². The average Bonchev–Trinajstić information content (AvgIpc) is 2.84. The third-order valence-corrected chi connectivity index (χ3v) is 4.77. The highest BCUT2D eigenvalue weighted by Crippen LogP contribution is 2.29. The molecule has 2 aliphatic heterocycles. The van der Waals surface area contributed by atoms with E-state index >= 15 is 0 Å². The number of amides is 3. The summed E-state index contributed by atoms with van der Waals surface area (Å²) in [5.41, 5.74) is -1.22. The second kappa shape index (κ2) is 7.46. The summed E-state index contributed by atoms with van der Waals surface area (Å²) in [5.74, 6) is 0.589. The van der Waals surface area contributed by atoms with Gasteiger partial charge in [0.25, 0.3) is 5.91 Å². The van der Waals surface area contributed by atoms with Crippen LogP contribution in [-0.2, 0) is 14.3 Å². The minimum absolute atomic E-state index is 0.0253. The second-order valence-electron chi connectivity index (χ2n) is 7.12. The first-order valence-electron chi connectivity index (χ1n) is 8.94. The number of benzene rings is 1. The minimum Gasteiger partial charge on any atom is -0.493 e. The van der Waals surface area contributed by atoms with E-state index in [0.29, 0.717) is 37.4 Å². The molecule has 1 aromatic rings. The van der Waals surface area contributed by atoms with Crippen molar-refractivity contribution in [3.63, 3.8) is 0 Å². The van der Waals surface area contributed by atoms with Crippen LogP contribution in [0, 0.1) is 0 Å². The lowest BCUT2D eigenvalue weighted by Gasteiger charge is -2.33. The van der Waals surface area contributed by atoms with Gasteiger partial charge in [0.15, 0.2) is 17.1 Å². The van der Waals surface area contributed by atoms with Gasteiger partial charge < -0.3 is 19.1 Å². The van der Waals surface area contributed by atoms with Gasteiger partial charge in [-0.1, -0.05) is 12.1 Å². The Morgan fingerprint density at radius 2 is 1.81 bits per heavy atom. The molecule has 146 valence electrons. The van der Waals surface area contributed by atoms with Crippen LogP contribution in [-0.4, -0.2) is 66.2 Å². The predicted octanol–water partition coefficient (Wildman–Crippen LogP) is 1.82. The van der Waals surface area contributed by atoms with E-state index in [1.165, 1.54) is 13.8 Å². The van der Waals surface area contributed by atoms with E-state index in [9.17, 15) is 14.4 Å². The number of nitrogens with zero attached hydrogens (tertiary/aromatic N) is 2. The molecule has 1 aromatic carbocycles. The molecule has 0 aliphatic carbocycles. The number of para-hydroxylation sites is 2. The predicted molar refractivity (Wildman–Crippen MR) is 95.5 cm³/mol. The maximum Gasteiger partial charge on any atom is 0.418 e. The first-order chi connectivity index (χ1) is 12.8. The van der Waals surface area contributed by atoms with Crippen LogP contribution in [0.2, 0.25) is 0 Å². The van der Waals surface area contributed by atoms with Gasteiger partial charge in [0.2, 0.25) is 5.91 Å². The van der Waals surface area contributed by atoms with Crippen LogP contribution in [0.15, 0.2) is 24.3 Å². The highest BCUT2D eigenvalue weighted by Gasteiger charge is 2.48. The lowest BCUT2D eigenvalue weighted by atomic mass is 10.1. The number of hydrogen-bond acceptors (Lipinski definition) is 6. The summed E-state index contributed by atoms with van der Waals surface area (Å²) in [4.78, 5) is 39.0. The van der Waals surface area contributed by atoms with Crippen LogP contribution in [0.3, 0.4) is 0 Å². The van der Waals surface area contributed by atoms with Crippen molar-refractivity contribution in [1.82, 2.24) is 9.80 Å². The summed E-state index contributed by atoms with van der Waals surface area (Å²) < 4.78 is 16.3. The van der Waals surface area contributed by atoms with E-state index in [1.54, 1.807) is 12.0 Å². The van der Waals surface area contributed by atoms with Gasteiger partial charge in [0.05, 0.1) is 7.11 Å². The number of cyclic esters (lactones) is 1. The number of likely N-dealkylation sites (tertiary alicyclic amines) is 1. The third-order valence-electron chi connectivity index (χ3n) is 4.77. The zero-order valence-corrected chi connectivity index (χ0v) is 15.8. The van der Waals surface area contributed by atoms with E-state index in [1.807, 2.05) is 24.3 Å². The molecule has 0 aromatic heterocycles. The van der Waals surface area contributed by atoms with Crippen LogP contribution < -0.4 is 9.47 Å². The van der Waals surface area contributed by atoms with E-state index in [-0.39, 0.29) is 18.6 Å². The average molecular weight is 376 g/mol. The molecule has 0 atom stereocenters. The van der Waals surface area contributed by atoms with Crippen molar-refractivity contribution in [2.45, 2.75) is 38.4 Å². The summed E-state index contributed by atoms with van der Waals surface area (Å²) in [7, 11) is 1.59. The zero-order chi connectivity index (χ0) is 19.6. The van der Waals surface area contributed by atoms with E-state index < -0.39 is 17.6 Å². The number of imide groups is 1. The Morgan fingerprint density at radius 1 is 1.19 bits per heavy atom. The van der Waals surface area contributed by atoms with Gasteiger partial charge in [0.1, 0.15) is 12.6 Å². The maximum atomic E-state index is 12.5. The van der Waals surface area contributed by atoms with Crippen LogP contribution in [0.5, 0.6) is 11.5 Å². The largest absolute Gasteiger partial charge is 0.493 e. The number of rotatable bonds is 5. The topological polar surface area (TPSA) is 85.4 Å². The Hall–Kier alpha value is -2.77. The molecule has 2 fully saturated rings. The quantitative estimate of drug-likeness (QED) is 0.779. The fourth-order valence-electron chi connectivity index (χ4n) is 3.22. The number of ether oxygens (including phenoxy) is 3. The molecular weight excluding hydrogens is 352 g/mol. The summed E-state index contributed by atoms with van der Waals surface area (Å²) >= 11 is 0. The van der Waals surface area contributed by atoms with Gasteiger partial charge in [-0.3, -0.25) is 9.59 Å². The van der Waals surface area contributed by atoms with Crippen molar-refractivity contribution in [3.8, 4) is 11.5 Å². The molecular formula is C19H24N2O6. The SMILES string of the molecule is COc1ccccc1OC1CCN(C(=O)CN2C(=O)OC(C)(C)C2=O)CC1. The Balaban J connectivity index is 1.52. The smallest absolute Gasteiger partial charge is 0.418 e. The van der Waals surface area contributed by atoms with Crippen molar-refractivity contribution in [3.05, 3.63) is 24.3 Å². The molecule has 0 bridgehead atoms. The summed E-state index contributed by atoms with van der Waals surface area (Å²) in [6.07, 6.45) is 0.525. The fraction of sp³-hybridized carbons (Fsp3) is 0.526. The molecule has 3 amide bonds. The molecule has 8 heteroatoms. The molecule has 0 radical (unpaired) electrons. The minimum atomic E-state index is -1.22. The van der Waals surface area contributed by atoms with E-state index in [2.05, 4.69) is 0 Å². The molecule has 0 N–H and O–H groups in total. The van der Waals surface area contributed by atoms with E-state index in [0.717, 1.165) is 4.90 Å². The first kappa shape index (κ1) is 19.0. The Kier molecular flexibility index (Phi) is 5.25. The lowest BCUT2D eigenvalue weighted by molar-refractivity contribution is -0.141. The van der Waals surface area contributed by atoms with Gasteiger partial charge in [-0.05, 0) is 26.0 Å². The molecule has 3 rings (SSSR count). The summed E-state index contributed by atoms with van der Waals surface area (Å²) in [5, 5.41) is 0. The lowest BCUT2D eigenvalue weighted by Crippen LogP contribution is -2.48. The van der Waals surface area contributed by atoms with Crippen molar-refractivity contribution in [1.29, 1.82) is 0 Å². The van der Waals surface area contributed by atoms with Crippen molar-refractivity contribution < 1.29 is 28.6 Å². The number of hydrogen-bond donors (Lipinski definition) is 0. The molecule has 27 heavy (non-hydrogen) atoms. The van der Waals surface area contributed by atoms with Gasteiger partial charge in [-0.2, -0.15) is 0 Å². The van der Waals surface area contributed by atoms with Gasteiger partial charge in [-0.25, -0.2) is 9.69 Å². The van der Waals surface area contributed by atoms with Crippen LogP contribution in [0.4, 0.5) is 4.79 Å². The van der Waals surface area contributed by atoms with Crippen LogP contribution in [0.1, 0.15) is 26.7 Å². The van der Waals surface area contributed by atoms with Gasteiger partial charge in [-0.15, -0.1) is 0 Å². The van der Waals surface area contributed by atoms with Crippen LogP contribution in [0.25, 0.3) is 0 Å². The Labute approximate surface area is 158 Å².